The van der Waals surface area contributed by atoms with E-state index < -0.39 is 11.5 Å². The quantitative estimate of drug-likeness (QED) is 0.822. The van der Waals surface area contributed by atoms with Crippen LogP contribution in [0.5, 0.6) is 5.75 Å². The van der Waals surface area contributed by atoms with Gasteiger partial charge in [0.15, 0.2) is 6.61 Å². The molecule has 0 spiro atoms. The Hall–Kier alpha value is -1.56. The molecule has 0 atom stereocenters. The van der Waals surface area contributed by atoms with Crippen molar-refractivity contribution in [1.29, 1.82) is 0 Å². The normalized spacial score (nSPS) is 16.4. The summed E-state index contributed by atoms with van der Waals surface area (Å²) in [6.45, 7) is -0.113. The molecule has 0 bridgehead atoms. The van der Waals surface area contributed by atoms with Gasteiger partial charge >= 0.3 is 5.97 Å². The summed E-state index contributed by atoms with van der Waals surface area (Å²) in [6.07, 6.45) is 3.28. The third-order valence-electron chi connectivity index (χ3n) is 3.62. The van der Waals surface area contributed by atoms with Crippen LogP contribution in [0.2, 0.25) is 0 Å². The zero-order valence-electron chi connectivity index (χ0n) is 11.6. The maximum Gasteiger partial charge on any atom is 0.305 e. The van der Waals surface area contributed by atoms with Gasteiger partial charge in [-0.1, -0.05) is 34.8 Å². The number of carboxylic acid groups (broad SMARTS) is 1. The summed E-state index contributed by atoms with van der Waals surface area (Å²) in [4.78, 5) is 23.0. The Labute approximate surface area is 131 Å². The number of carbonyl (C=O) groups excluding carboxylic acids is 1. The highest BCUT2D eigenvalue weighted by molar-refractivity contribution is 9.10. The summed E-state index contributed by atoms with van der Waals surface area (Å²) in [6, 6.07) is 7.23. The zero-order valence-corrected chi connectivity index (χ0v) is 13.2. The molecule has 21 heavy (non-hydrogen) atoms. The highest BCUT2D eigenvalue weighted by Gasteiger charge is 2.37. The average molecular weight is 356 g/mol. The van der Waals surface area contributed by atoms with Crippen LogP contribution in [0.25, 0.3) is 0 Å². The van der Waals surface area contributed by atoms with Gasteiger partial charge in [0.25, 0.3) is 5.91 Å². The van der Waals surface area contributed by atoms with E-state index in [-0.39, 0.29) is 18.9 Å². The number of hydrogen-bond donors (Lipinski definition) is 2. The predicted octanol–water partition coefficient (Wildman–Crippen LogP) is 2.73. The topological polar surface area (TPSA) is 75.6 Å². The summed E-state index contributed by atoms with van der Waals surface area (Å²) in [5.41, 5.74) is -0.608. The van der Waals surface area contributed by atoms with E-state index in [9.17, 15) is 9.59 Å². The maximum absolute atomic E-state index is 12.0. The van der Waals surface area contributed by atoms with Crippen molar-refractivity contribution in [2.45, 2.75) is 37.6 Å². The first-order valence-electron chi connectivity index (χ1n) is 6.90. The number of ether oxygens (including phenoxy) is 1. The van der Waals surface area contributed by atoms with Gasteiger partial charge in [0.05, 0.1) is 12.0 Å². The highest BCUT2D eigenvalue weighted by Crippen LogP contribution is 2.32. The molecule has 5 nitrogen and oxygen atoms in total. The summed E-state index contributed by atoms with van der Waals surface area (Å²) >= 11 is 3.33. The molecule has 0 radical (unpaired) electrons. The Morgan fingerprint density at radius 2 is 2.05 bits per heavy atom. The number of hydrogen-bond acceptors (Lipinski definition) is 3. The van der Waals surface area contributed by atoms with Gasteiger partial charge in [-0.2, -0.15) is 0 Å². The first-order valence-corrected chi connectivity index (χ1v) is 7.70. The number of aliphatic carboxylic acids is 1. The van der Waals surface area contributed by atoms with Gasteiger partial charge in [-0.05, 0) is 31.0 Å². The second kappa shape index (κ2) is 6.93. The van der Waals surface area contributed by atoms with Crippen LogP contribution in [0.3, 0.4) is 0 Å². The van der Waals surface area contributed by atoms with Crippen molar-refractivity contribution in [3.63, 3.8) is 0 Å². The summed E-state index contributed by atoms with van der Waals surface area (Å²) in [5.74, 6) is -0.568. The third kappa shape index (κ3) is 4.74. The van der Waals surface area contributed by atoms with Crippen molar-refractivity contribution in [2.24, 2.45) is 0 Å². The van der Waals surface area contributed by atoms with Crippen LogP contribution >= 0.6 is 15.9 Å². The van der Waals surface area contributed by atoms with Crippen LogP contribution in [0, 0.1) is 0 Å². The van der Waals surface area contributed by atoms with E-state index in [1.165, 1.54) is 0 Å². The van der Waals surface area contributed by atoms with Crippen molar-refractivity contribution in [2.75, 3.05) is 6.61 Å². The summed E-state index contributed by atoms with van der Waals surface area (Å²) in [7, 11) is 0. The molecule has 6 heteroatoms. The fourth-order valence-corrected chi connectivity index (χ4v) is 3.10. The first-order chi connectivity index (χ1) is 9.99. The fourth-order valence-electron chi connectivity index (χ4n) is 2.72. The monoisotopic (exact) mass is 355 g/mol. The lowest BCUT2D eigenvalue weighted by Crippen LogP contribution is -2.49. The minimum Gasteiger partial charge on any atom is -0.484 e. The molecule has 0 aromatic heterocycles. The SMILES string of the molecule is O=C(O)CC1(NC(=O)COc2cccc(Br)c2)CCCC1. The number of carboxylic acids is 1. The van der Waals surface area contributed by atoms with E-state index in [0.29, 0.717) is 18.6 Å². The molecule has 1 aromatic rings. The standard InChI is InChI=1S/C15H18BrNO4/c16-11-4-3-5-12(8-11)21-10-13(18)17-15(9-14(19)20)6-1-2-7-15/h3-5,8H,1-2,6-7,9-10H2,(H,17,18)(H,19,20). The van der Waals surface area contributed by atoms with E-state index in [4.69, 9.17) is 9.84 Å². The second-order valence-electron chi connectivity index (χ2n) is 5.35. The molecule has 1 aliphatic rings. The van der Waals surface area contributed by atoms with Gasteiger partial charge in [-0.3, -0.25) is 9.59 Å². The molecule has 0 heterocycles. The molecular formula is C15H18BrNO4. The lowest BCUT2D eigenvalue weighted by Gasteiger charge is -2.28. The van der Waals surface area contributed by atoms with Crippen LogP contribution in [-0.2, 0) is 9.59 Å². The van der Waals surface area contributed by atoms with Gasteiger partial charge in [-0.15, -0.1) is 0 Å². The average Bonchev–Trinajstić information content (AvgIpc) is 2.83. The number of benzene rings is 1. The largest absolute Gasteiger partial charge is 0.484 e. The molecule has 1 aliphatic carbocycles. The van der Waals surface area contributed by atoms with Crippen molar-refractivity contribution >= 4 is 27.8 Å². The lowest BCUT2D eigenvalue weighted by molar-refractivity contribution is -0.139. The number of nitrogens with one attached hydrogen (secondary N) is 1. The predicted molar refractivity (Wildman–Crippen MR) is 81.2 cm³/mol. The Kier molecular flexibility index (Phi) is 5.22. The van der Waals surface area contributed by atoms with Crippen molar-refractivity contribution in [1.82, 2.24) is 5.32 Å². The fraction of sp³-hybridized carbons (Fsp3) is 0.467. The van der Waals surface area contributed by atoms with Crippen LogP contribution in [-0.4, -0.2) is 29.1 Å². The highest BCUT2D eigenvalue weighted by atomic mass is 79.9. The summed E-state index contributed by atoms with van der Waals surface area (Å²) in [5, 5.41) is 11.9. The zero-order chi connectivity index (χ0) is 15.3. The van der Waals surface area contributed by atoms with Crippen LogP contribution < -0.4 is 10.1 Å². The third-order valence-corrected chi connectivity index (χ3v) is 4.11. The number of amides is 1. The van der Waals surface area contributed by atoms with Gasteiger partial charge in [-0.25, -0.2) is 0 Å². The Morgan fingerprint density at radius 1 is 1.33 bits per heavy atom. The Morgan fingerprint density at radius 3 is 2.67 bits per heavy atom. The molecular weight excluding hydrogens is 338 g/mol. The van der Waals surface area contributed by atoms with Crippen molar-refractivity contribution in [3.05, 3.63) is 28.7 Å². The minimum atomic E-state index is -0.884. The van der Waals surface area contributed by atoms with Crippen LogP contribution in [0.1, 0.15) is 32.1 Å². The van der Waals surface area contributed by atoms with Gasteiger partial charge < -0.3 is 15.2 Å². The van der Waals surface area contributed by atoms with E-state index in [0.717, 1.165) is 17.3 Å². The summed E-state index contributed by atoms with van der Waals surface area (Å²) < 4.78 is 6.29. The van der Waals surface area contributed by atoms with Gasteiger partial charge in [0.1, 0.15) is 5.75 Å². The molecule has 1 saturated carbocycles. The van der Waals surface area contributed by atoms with Crippen LogP contribution in [0.15, 0.2) is 28.7 Å². The minimum absolute atomic E-state index is 0.0321. The molecule has 1 aromatic carbocycles. The van der Waals surface area contributed by atoms with E-state index >= 15 is 0 Å². The molecule has 2 rings (SSSR count). The van der Waals surface area contributed by atoms with E-state index in [2.05, 4.69) is 21.2 Å². The first kappa shape index (κ1) is 15.8. The smallest absolute Gasteiger partial charge is 0.305 e. The molecule has 1 fully saturated rings. The molecule has 0 unspecified atom stereocenters. The van der Waals surface area contributed by atoms with Crippen molar-refractivity contribution < 1.29 is 19.4 Å². The van der Waals surface area contributed by atoms with Gasteiger partial charge in [0, 0.05) is 4.47 Å². The molecule has 0 saturated heterocycles. The number of carbonyl (C=O) groups is 2. The number of rotatable bonds is 6. The van der Waals surface area contributed by atoms with Crippen molar-refractivity contribution in [3.8, 4) is 5.75 Å². The van der Waals surface area contributed by atoms with E-state index in [1.54, 1.807) is 12.1 Å². The Bertz CT molecular complexity index is 526. The molecule has 2 N–H and O–H groups in total. The van der Waals surface area contributed by atoms with E-state index in [1.807, 2.05) is 12.1 Å². The molecule has 114 valence electrons. The molecule has 1 amide bonds. The maximum atomic E-state index is 12.0. The van der Waals surface area contributed by atoms with Gasteiger partial charge in [0.2, 0.25) is 0 Å². The molecule has 0 aliphatic heterocycles. The lowest BCUT2D eigenvalue weighted by atomic mass is 9.93. The number of halogens is 1. The second-order valence-corrected chi connectivity index (χ2v) is 6.27. The van der Waals surface area contributed by atoms with Crippen LogP contribution in [0.4, 0.5) is 0 Å². The Balaban J connectivity index is 1.89.